The van der Waals surface area contributed by atoms with Crippen molar-refractivity contribution in [1.29, 1.82) is 0 Å². The van der Waals surface area contributed by atoms with Crippen molar-refractivity contribution < 1.29 is 9.32 Å². The lowest BCUT2D eigenvalue weighted by Gasteiger charge is -2.34. The third-order valence-electron chi connectivity index (χ3n) is 5.84. The number of aromatic nitrogens is 3. The van der Waals surface area contributed by atoms with Crippen LogP contribution in [-0.4, -0.2) is 56.8 Å². The fraction of sp³-hybridized carbons (Fsp3) is 0.409. The van der Waals surface area contributed by atoms with E-state index in [-0.39, 0.29) is 5.91 Å². The molecule has 1 amide bonds. The van der Waals surface area contributed by atoms with Crippen molar-refractivity contribution >= 4 is 40.7 Å². The number of rotatable bonds is 5. The highest BCUT2D eigenvalue weighted by Gasteiger charge is 2.28. The molecule has 0 saturated carbocycles. The summed E-state index contributed by atoms with van der Waals surface area (Å²) in [7, 11) is 0. The van der Waals surface area contributed by atoms with Gasteiger partial charge in [0.05, 0.1) is 33.0 Å². The first kappa shape index (κ1) is 23.1. The van der Waals surface area contributed by atoms with Crippen LogP contribution in [0.15, 0.2) is 22.7 Å². The second-order valence-electron chi connectivity index (χ2n) is 8.03. The van der Waals surface area contributed by atoms with Crippen LogP contribution in [0, 0.1) is 20.8 Å². The van der Waals surface area contributed by atoms with E-state index in [4.69, 9.17) is 39.3 Å². The molecule has 0 bridgehead atoms. The number of halogens is 3. The Morgan fingerprint density at radius 1 is 1.03 bits per heavy atom. The van der Waals surface area contributed by atoms with Gasteiger partial charge in [0.1, 0.15) is 5.76 Å². The molecule has 4 rings (SSSR count). The quantitative estimate of drug-likeness (QED) is 0.509. The zero-order chi connectivity index (χ0) is 23.0. The molecule has 10 heteroatoms. The molecule has 1 aliphatic rings. The molecule has 0 spiro atoms. The Bertz CT molecular complexity index is 1150. The monoisotopic (exact) mass is 495 g/mol. The number of hydrogen-bond acceptors (Lipinski definition) is 5. The number of aryl methyl sites for hydroxylation is 2. The Morgan fingerprint density at radius 3 is 2.38 bits per heavy atom. The highest BCUT2D eigenvalue weighted by Crippen LogP contribution is 2.25. The second kappa shape index (κ2) is 9.43. The lowest BCUT2D eigenvalue weighted by Crippen LogP contribution is -2.48. The van der Waals surface area contributed by atoms with Gasteiger partial charge in [0.2, 0.25) is 0 Å². The number of carbonyl (C=O) groups is 1. The molecule has 1 fully saturated rings. The average Bonchev–Trinajstić information content (AvgIpc) is 3.25. The molecule has 2 aromatic heterocycles. The number of amides is 1. The van der Waals surface area contributed by atoms with Crippen molar-refractivity contribution in [2.24, 2.45) is 0 Å². The minimum Gasteiger partial charge on any atom is -0.361 e. The van der Waals surface area contributed by atoms with Crippen molar-refractivity contribution in [2.75, 3.05) is 26.2 Å². The SMILES string of the molecule is Cc1nn(Cc2c(C(=O)N3CCN(Cc4ccc(Cl)c(Cl)c4)CC3)noc2C)c(C)c1Cl. The van der Waals surface area contributed by atoms with E-state index in [1.54, 1.807) is 4.68 Å². The van der Waals surface area contributed by atoms with Gasteiger partial charge in [-0.15, -0.1) is 0 Å². The van der Waals surface area contributed by atoms with Gasteiger partial charge in [-0.05, 0) is 38.5 Å². The van der Waals surface area contributed by atoms with E-state index in [0.717, 1.165) is 42.1 Å². The standard InChI is InChI=1S/C22H24Cl3N5O2/c1-13-20(25)14(2)30(26-13)12-17-15(3)32-27-21(17)22(31)29-8-6-28(7-9-29)11-16-4-5-18(23)19(24)10-16/h4-5,10H,6-9,11-12H2,1-3H3. The highest BCUT2D eigenvalue weighted by molar-refractivity contribution is 6.42. The van der Waals surface area contributed by atoms with Crippen molar-refractivity contribution in [3.05, 3.63) is 67.2 Å². The maximum Gasteiger partial charge on any atom is 0.276 e. The van der Waals surface area contributed by atoms with Gasteiger partial charge in [-0.2, -0.15) is 5.10 Å². The molecule has 1 aromatic carbocycles. The first-order chi connectivity index (χ1) is 15.2. The normalized spacial score (nSPS) is 14.9. The Hall–Kier alpha value is -2.06. The first-order valence-electron chi connectivity index (χ1n) is 10.3. The van der Waals surface area contributed by atoms with E-state index in [1.807, 2.05) is 43.9 Å². The summed E-state index contributed by atoms with van der Waals surface area (Å²) >= 11 is 18.4. The van der Waals surface area contributed by atoms with E-state index < -0.39 is 0 Å². The first-order valence-corrected chi connectivity index (χ1v) is 11.5. The number of carbonyl (C=O) groups excluding carboxylic acids is 1. The number of nitrogens with zero attached hydrogens (tertiary/aromatic N) is 5. The van der Waals surface area contributed by atoms with Gasteiger partial charge >= 0.3 is 0 Å². The minimum atomic E-state index is -0.126. The molecule has 3 heterocycles. The van der Waals surface area contributed by atoms with Crippen LogP contribution in [0.5, 0.6) is 0 Å². The number of piperazine rings is 1. The van der Waals surface area contributed by atoms with E-state index >= 15 is 0 Å². The maximum absolute atomic E-state index is 13.2. The summed E-state index contributed by atoms with van der Waals surface area (Å²) < 4.78 is 7.15. The molecular formula is C22H24Cl3N5O2. The smallest absolute Gasteiger partial charge is 0.276 e. The van der Waals surface area contributed by atoms with Gasteiger partial charge in [0.15, 0.2) is 5.69 Å². The molecule has 32 heavy (non-hydrogen) atoms. The van der Waals surface area contributed by atoms with Gasteiger partial charge < -0.3 is 9.42 Å². The topological polar surface area (TPSA) is 67.4 Å². The van der Waals surface area contributed by atoms with Crippen LogP contribution in [0.25, 0.3) is 0 Å². The highest BCUT2D eigenvalue weighted by atomic mass is 35.5. The molecule has 3 aromatic rings. The molecule has 0 radical (unpaired) electrons. The minimum absolute atomic E-state index is 0.126. The van der Waals surface area contributed by atoms with Crippen LogP contribution >= 0.6 is 34.8 Å². The molecule has 170 valence electrons. The Kier molecular flexibility index (Phi) is 6.81. The van der Waals surface area contributed by atoms with Gasteiger partial charge in [0, 0.05) is 38.3 Å². The molecule has 0 atom stereocenters. The third kappa shape index (κ3) is 4.66. The Morgan fingerprint density at radius 2 is 1.75 bits per heavy atom. The van der Waals surface area contributed by atoms with Gasteiger partial charge in [-0.1, -0.05) is 46.0 Å². The van der Waals surface area contributed by atoms with Crippen LogP contribution in [0.3, 0.4) is 0 Å². The summed E-state index contributed by atoms with van der Waals surface area (Å²) in [5.74, 6) is 0.481. The largest absolute Gasteiger partial charge is 0.361 e. The zero-order valence-corrected chi connectivity index (χ0v) is 20.4. The van der Waals surface area contributed by atoms with Crippen molar-refractivity contribution in [3.63, 3.8) is 0 Å². The molecule has 0 unspecified atom stereocenters. The Balaban J connectivity index is 1.42. The van der Waals surface area contributed by atoms with Gasteiger partial charge in [-0.25, -0.2) is 0 Å². The van der Waals surface area contributed by atoms with Gasteiger partial charge in [0.25, 0.3) is 5.91 Å². The molecule has 1 saturated heterocycles. The summed E-state index contributed by atoms with van der Waals surface area (Å²) in [6, 6.07) is 5.67. The molecule has 1 aliphatic heterocycles. The molecular weight excluding hydrogens is 473 g/mol. The predicted molar refractivity (Wildman–Crippen MR) is 125 cm³/mol. The fourth-order valence-electron chi connectivity index (χ4n) is 3.88. The summed E-state index contributed by atoms with van der Waals surface area (Å²) in [5.41, 5.74) is 3.76. The Labute approximate surface area is 201 Å². The van der Waals surface area contributed by atoms with Crippen molar-refractivity contribution in [1.82, 2.24) is 24.7 Å². The van der Waals surface area contributed by atoms with E-state index in [1.165, 1.54) is 0 Å². The van der Waals surface area contributed by atoms with Gasteiger partial charge in [-0.3, -0.25) is 14.4 Å². The number of benzene rings is 1. The third-order valence-corrected chi connectivity index (χ3v) is 7.12. The van der Waals surface area contributed by atoms with Crippen LogP contribution in [0.1, 0.15) is 38.8 Å². The lowest BCUT2D eigenvalue weighted by molar-refractivity contribution is 0.0617. The average molecular weight is 497 g/mol. The van der Waals surface area contributed by atoms with E-state index in [2.05, 4.69) is 15.2 Å². The summed E-state index contributed by atoms with van der Waals surface area (Å²) in [4.78, 5) is 17.3. The van der Waals surface area contributed by atoms with Crippen molar-refractivity contribution in [2.45, 2.75) is 33.9 Å². The maximum atomic E-state index is 13.2. The fourth-order valence-corrected chi connectivity index (χ4v) is 4.34. The van der Waals surface area contributed by atoms with Crippen LogP contribution < -0.4 is 0 Å². The zero-order valence-electron chi connectivity index (χ0n) is 18.2. The summed E-state index contributed by atoms with van der Waals surface area (Å²) in [5, 5.41) is 10.3. The molecule has 0 N–H and O–H groups in total. The van der Waals surface area contributed by atoms with Crippen LogP contribution in [0.4, 0.5) is 0 Å². The molecule has 7 nitrogen and oxygen atoms in total. The van der Waals surface area contributed by atoms with Crippen molar-refractivity contribution in [3.8, 4) is 0 Å². The lowest BCUT2D eigenvalue weighted by atomic mass is 10.1. The second-order valence-corrected chi connectivity index (χ2v) is 9.22. The predicted octanol–water partition coefficient (Wildman–Crippen LogP) is 4.76. The van der Waals surface area contributed by atoms with Crippen LogP contribution in [0.2, 0.25) is 15.1 Å². The summed E-state index contributed by atoms with van der Waals surface area (Å²) in [6.45, 7) is 9.43. The van der Waals surface area contributed by atoms with Crippen LogP contribution in [-0.2, 0) is 13.1 Å². The number of hydrogen-bond donors (Lipinski definition) is 0. The molecule has 0 aliphatic carbocycles. The summed E-state index contributed by atoms with van der Waals surface area (Å²) in [6.07, 6.45) is 0. The van der Waals surface area contributed by atoms with E-state index in [0.29, 0.717) is 46.2 Å². The van der Waals surface area contributed by atoms with E-state index in [9.17, 15) is 4.79 Å².